The first kappa shape index (κ1) is 44.7. The summed E-state index contributed by atoms with van der Waals surface area (Å²) in [5.74, 6) is -0.289. The lowest BCUT2D eigenvalue weighted by Crippen LogP contribution is -2.28. The molecule has 4 aromatic rings. The normalized spacial score (nSPS) is 16.7. The molecule has 0 radical (unpaired) electrons. The number of carbonyl (C=O) groups is 1. The number of nitrogens with one attached hydrogen (secondary N) is 1. The predicted octanol–water partition coefficient (Wildman–Crippen LogP) is 9.38. The van der Waals surface area contributed by atoms with Gasteiger partial charge in [0, 0.05) is 73.3 Å². The fourth-order valence-electron chi connectivity index (χ4n) is 8.91. The lowest BCUT2D eigenvalue weighted by atomic mass is 9.79. The molecular formula is C50H61N3O6S. The van der Waals surface area contributed by atoms with E-state index >= 15 is 0 Å². The van der Waals surface area contributed by atoms with Crippen LogP contribution in [-0.4, -0.2) is 81.5 Å². The van der Waals surface area contributed by atoms with Crippen molar-refractivity contribution < 1.29 is 31.8 Å². The van der Waals surface area contributed by atoms with Gasteiger partial charge in [-0.1, -0.05) is 98.8 Å². The summed E-state index contributed by atoms with van der Waals surface area (Å²) < 4.78 is 46.9. The number of benzene rings is 4. The highest BCUT2D eigenvalue weighted by atomic mass is 32.2. The van der Waals surface area contributed by atoms with Gasteiger partial charge in [0.1, 0.15) is 6.54 Å². The molecule has 6 rings (SSSR count). The summed E-state index contributed by atoms with van der Waals surface area (Å²) in [6.07, 6.45) is 18.9. The Hall–Kier alpha value is -4.87. The van der Waals surface area contributed by atoms with E-state index in [1.165, 1.54) is 44.1 Å². The molecule has 0 unspecified atom stereocenters. The monoisotopic (exact) mass is 831 g/mol. The molecule has 318 valence electrons. The van der Waals surface area contributed by atoms with E-state index in [0.29, 0.717) is 52.2 Å². The zero-order valence-corrected chi connectivity index (χ0v) is 36.7. The van der Waals surface area contributed by atoms with E-state index in [0.717, 1.165) is 37.2 Å². The Morgan fingerprint density at radius 1 is 0.767 bits per heavy atom. The van der Waals surface area contributed by atoms with E-state index < -0.39 is 10.1 Å². The van der Waals surface area contributed by atoms with E-state index in [1.807, 2.05) is 12.2 Å². The average molecular weight is 832 g/mol. The molecule has 2 aliphatic heterocycles. The minimum absolute atomic E-state index is 0.0615. The van der Waals surface area contributed by atoms with Gasteiger partial charge in [0.2, 0.25) is 11.6 Å². The molecule has 0 saturated carbocycles. The molecule has 0 bridgehead atoms. The summed E-state index contributed by atoms with van der Waals surface area (Å²) in [5, 5.41) is 7.86. The van der Waals surface area contributed by atoms with Crippen LogP contribution in [0.25, 0.3) is 21.5 Å². The Morgan fingerprint density at radius 3 is 2.18 bits per heavy atom. The number of amides is 1. The molecule has 10 heteroatoms. The van der Waals surface area contributed by atoms with Gasteiger partial charge in [0.25, 0.3) is 0 Å². The van der Waals surface area contributed by atoms with Crippen molar-refractivity contribution in [3.05, 3.63) is 132 Å². The number of methoxy groups -OCH3 is 1. The molecule has 0 aromatic heterocycles. The second kappa shape index (κ2) is 20.1. The Morgan fingerprint density at radius 2 is 1.45 bits per heavy atom. The fraction of sp³-hybridized carbons (Fsp3) is 0.400. The number of allylic oxidation sites excluding steroid dienone is 8. The second-order valence-corrected chi connectivity index (χ2v) is 18.2. The van der Waals surface area contributed by atoms with Crippen molar-refractivity contribution >= 4 is 54.7 Å². The van der Waals surface area contributed by atoms with Gasteiger partial charge in [-0.3, -0.25) is 4.79 Å². The topological polar surface area (TPSA) is 111 Å². The molecule has 4 aromatic carbocycles. The number of carbonyl (C=O) groups excluding carboxylic acids is 1. The standard InChI is InChI=1S/C50H61N3O6S/c1-49(2)44(52(42-29-27-38-20-13-15-22-40(38)47(42)49)32-17-9-12-26-46(54)51-31-34-59-36-35-58-5)24-10-7-6-8-11-25-45-50(3,4)48-41-23-16-14-21-39(41)28-30-43(48)53(45)33-18-19-37-60(55,56)57/h6-8,10-11,13-16,20-25,27-30H,9,12,17-19,26,31-37H2,1-5H3,(H-,51,54,55,56,57). The second-order valence-electron chi connectivity index (χ2n) is 16.7. The Labute approximate surface area is 356 Å². The number of nitrogens with zero attached hydrogens (tertiary/aromatic N) is 2. The highest BCUT2D eigenvalue weighted by Crippen LogP contribution is 2.51. The molecule has 2 heterocycles. The molecule has 1 N–H and O–H groups in total. The predicted molar refractivity (Wildman–Crippen MR) is 245 cm³/mol. The maximum Gasteiger partial charge on any atom is 0.220 e. The third kappa shape index (κ3) is 10.5. The molecule has 0 spiro atoms. The zero-order valence-electron chi connectivity index (χ0n) is 35.9. The molecule has 2 aliphatic rings. The van der Waals surface area contributed by atoms with Gasteiger partial charge >= 0.3 is 0 Å². The first-order valence-electron chi connectivity index (χ1n) is 21.3. The highest BCUT2D eigenvalue weighted by molar-refractivity contribution is 7.85. The summed E-state index contributed by atoms with van der Waals surface area (Å²) in [7, 11) is -2.61. The fourth-order valence-corrected chi connectivity index (χ4v) is 9.47. The van der Waals surface area contributed by atoms with Crippen molar-refractivity contribution in [2.75, 3.05) is 57.2 Å². The van der Waals surface area contributed by atoms with E-state index in [-0.39, 0.29) is 22.5 Å². The van der Waals surface area contributed by atoms with Crippen LogP contribution in [0, 0.1) is 0 Å². The van der Waals surface area contributed by atoms with E-state index in [2.05, 4.69) is 146 Å². The van der Waals surface area contributed by atoms with Crippen LogP contribution < -0.4 is 10.2 Å². The summed E-state index contributed by atoms with van der Waals surface area (Å²) in [4.78, 5) is 14.7. The molecule has 1 amide bonds. The summed E-state index contributed by atoms with van der Waals surface area (Å²) >= 11 is 0. The smallest absolute Gasteiger partial charge is 0.220 e. The quantitative estimate of drug-likeness (QED) is 0.0386. The molecule has 0 atom stereocenters. The van der Waals surface area contributed by atoms with Gasteiger partial charge in [-0.2, -0.15) is 4.58 Å². The van der Waals surface area contributed by atoms with Gasteiger partial charge in [-0.15, -0.1) is 0 Å². The number of hydrogen-bond acceptors (Lipinski definition) is 7. The van der Waals surface area contributed by atoms with Gasteiger partial charge in [0.15, 0.2) is 5.71 Å². The lowest BCUT2D eigenvalue weighted by molar-refractivity contribution is -0.438. The third-order valence-corrected chi connectivity index (χ3v) is 12.6. The van der Waals surface area contributed by atoms with Crippen molar-refractivity contribution in [3.63, 3.8) is 0 Å². The Balaban J connectivity index is 1.16. The zero-order chi connectivity index (χ0) is 42.8. The number of fused-ring (bicyclic) bond motifs is 6. The van der Waals surface area contributed by atoms with Crippen LogP contribution in [0.3, 0.4) is 0 Å². The van der Waals surface area contributed by atoms with Crippen molar-refractivity contribution in [3.8, 4) is 0 Å². The van der Waals surface area contributed by atoms with Crippen molar-refractivity contribution in [1.29, 1.82) is 0 Å². The highest BCUT2D eigenvalue weighted by Gasteiger charge is 2.45. The first-order valence-corrected chi connectivity index (χ1v) is 22.9. The van der Waals surface area contributed by atoms with Crippen LogP contribution >= 0.6 is 0 Å². The van der Waals surface area contributed by atoms with Crippen LogP contribution in [0.15, 0.2) is 121 Å². The van der Waals surface area contributed by atoms with Crippen LogP contribution in [0.5, 0.6) is 0 Å². The summed E-state index contributed by atoms with van der Waals surface area (Å²) in [6, 6.07) is 25.8. The van der Waals surface area contributed by atoms with Crippen molar-refractivity contribution in [2.45, 2.75) is 77.0 Å². The SMILES string of the molecule is COCCOCCNC(=O)CCCCC[N+]1=C(/C=C/C=C/C=C/C=C2/N(CCCCS(=O)(=O)[O-])c3ccc4ccccc4c3C2(C)C)C(C)(C)c2c1ccc1ccccc21. The van der Waals surface area contributed by atoms with E-state index in [9.17, 15) is 17.8 Å². The maximum atomic E-state index is 12.4. The average Bonchev–Trinajstić information content (AvgIpc) is 3.58. The van der Waals surface area contributed by atoms with Gasteiger partial charge in [-0.25, -0.2) is 8.42 Å². The van der Waals surface area contributed by atoms with Crippen LogP contribution in [0.2, 0.25) is 0 Å². The van der Waals surface area contributed by atoms with E-state index in [4.69, 9.17) is 9.47 Å². The Bertz CT molecular complexity index is 2420. The van der Waals surface area contributed by atoms with Crippen LogP contribution in [-0.2, 0) is 35.2 Å². The molecule has 0 fully saturated rings. The van der Waals surface area contributed by atoms with Crippen molar-refractivity contribution in [1.82, 2.24) is 5.32 Å². The number of unbranched alkanes of at least 4 members (excludes halogenated alkanes) is 3. The minimum atomic E-state index is -4.25. The molecule has 9 nitrogen and oxygen atoms in total. The summed E-state index contributed by atoms with van der Waals surface area (Å²) in [6.45, 7) is 12.7. The maximum absolute atomic E-state index is 12.4. The largest absolute Gasteiger partial charge is 0.748 e. The van der Waals surface area contributed by atoms with Gasteiger partial charge < -0.3 is 24.2 Å². The van der Waals surface area contributed by atoms with Gasteiger partial charge in [0.05, 0.1) is 35.4 Å². The van der Waals surface area contributed by atoms with Crippen LogP contribution in [0.4, 0.5) is 11.4 Å². The first-order chi connectivity index (χ1) is 28.8. The third-order valence-electron chi connectivity index (χ3n) is 11.8. The van der Waals surface area contributed by atoms with Crippen molar-refractivity contribution in [2.24, 2.45) is 0 Å². The molecule has 0 saturated heterocycles. The lowest BCUT2D eigenvalue weighted by Gasteiger charge is -2.27. The van der Waals surface area contributed by atoms with E-state index in [1.54, 1.807) is 7.11 Å². The summed E-state index contributed by atoms with van der Waals surface area (Å²) in [5.41, 5.74) is 6.82. The van der Waals surface area contributed by atoms with Gasteiger partial charge in [-0.05, 0) is 84.8 Å². The van der Waals surface area contributed by atoms with Crippen LogP contribution in [0.1, 0.15) is 77.3 Å². The molecule has 60 heavy (non-hydrogen) atoms. The minimum Gasteiger partial charge on any atom is -0.748 e. The number of ether oxygens (including phenoxy) is 2. The number of hydrogen-bond donors (Lipinski definition) is 1. The molecular weight excluding hydrogens is 771 g/mol. The Kier molecular flexibility index (Phi) is 15.0. The number of rotatable bonds is 21. The molecule has 0 aliphatic carbocycles. The number of anilines is 1.